The van der Waals surface area contributed by atoms with E-state index in [9.17, 15) is 10.0 Å². The number of carbonyl (C=O) groups excluding carboxylic acids is 1. The van der Waals surface area contributed by atoms with E-state index in [-0.39, 0.29) is 18.8 Å². The van der Waals surface area contributed by atoms with Crippen LogP contribution in [-0.2, 0) is 0 Å². The van der Waals surface area contributed by atoms with E-state index in [0.29, 0.717) is 16.5 Å². The zero-order chi connectivity index (χ0) is 15.4. The predicted molar refractivity (Wildman–Crippen MR) is 80.9 cm³/mol. The molecule has 0 aliphatic carbocycles. The fourth-order valence-corrected chi connectivity index (χ4v) is 2.05. The molecule has 0 spiro atoms. The molecule has 0 aliphatic rings. The number of rotatable bonds is 5. The van der Waals surface area contributed by atoms with Gasteiger partial charge in [0.25, 0.3) is 5.91 Å². The third kappa shape index (κ3) is 3.07. The molecule has 6 nitrogen and oxygen atoms in total. The topological polar surface area (TPSA) is 78.5 Å². The summed E-state index contributed by atoms with van der Waals surface area (Å²) in [4.78, 5) is 19.2. The molecule has 2 N–H and O–H groups in total. The third-order valence-electron chi connectivity index (χ3n) is 3.18. The maximum Gasteiger partial charge on any atom is 0.296 e. The molecular formula is C16H15N3O3. The number of nitrogens with zero attached hydrogens (tertiary/aromatic N) is 2. The van der Waals surface area contributed by atoms with Crippen LogP contribution in [0, 0.1) is 0 Å². The molecule has 0 bridgehead atoms. The van der Waals surface area contributed by atoms with Gasteiger partial charge in [0, 0.05) is 11.6 Å². The van der Waals surface area contributed by atoms with E-state index < -0.39 is 5.91 Å². The largest absolute Gasteiger partial charge is 0.492 e. The summed E-state index contributed by atoms with van der Waals surface area (Å²) in [6.45, 7) is 0.245. The van der Waals surface area contributed by atoms with Crippen LogP contribution < -0.4 is 4.74 Å². The summed E-state index contributed by atoms with van der Waals surface area (Å²) < 4.78 is 5.44. The van der Waals surface area contributed by atoms with Gasteiger partial charge in [-0.25, -0.2) is 10.0 Å². The lowest BCUT2D eigenvalue weighted by Gasteiger charge is -2.15. The summed E-state index contributed by atoms with van der Waals surface area (Å²) in [6, 6.07) is 14.4. The Balaban J connectivity index is 1.59. The zero-order valence-electron chi connectivity index (χ0n) is 11.8. The summed E-state index contributed by atoms with van der Waals surface area (Å²) in [5.41, 5.74) is 0.789. The Hall–Kier alpha value is -2.86. The van der Waals surface area contributed by atoms with Crippen LogP contribution in [0.25, 0.3) is 11.0 Å². The predicted octanol–water partition coefficient (Wildman–Crippen LogP) is 2.47. The van der Waals surface area contributed by atoms with Crippen LogP contribution in [0.2, 0.25) is 0 Å². The van der Waals surface area contributed by atoms with Crippen molar-refractivity contribution in [1.82, 2.24) is 15.0 Å². The van der Waals surface area contributed by atoms with Crippen LogP contribution in [0.4, 0.5) is 0 Å². The number of fused-ring (bicyclic) bond motifs is 1. The second-order valence-corrected chi connectivity index (χ2v) is 4.70. The number of amides is 1. The molecule has 0 unspecified atom stereocenters. The fraction of sp³-hybridized carbons (Fsp3) is 0.125. The maximum absolute atomic E-state index is 12.1. The van der Waals surface area contributed by atoms with Crippen molar-refractivity contribution in [2.75, 3.05) is 13.2 Å². The van der Waals surface area contributed by atoms with Crippen molar-refractivity contribution in [3.8, 4) is 5.75 Å². The van der Waals surface area contributed by atoms with Gasteiger partial charge < -0.3 is 9.72 Å². The number of para-hydroxylation sites is 1. The SMILES string of the molecule is O=C(c1ccc2cc[nH]c2n1)N(O)CCOc1ccccc1. The van der Waals surface area contributed by atoms with Crippen molar-refractivity contribution < 1.29 is 14.7 Å². The number of hydrogen-bond donors (Lipinski definition) is 2. The van der Waals surface area contributed by atoms with Crippen molar-refractivity contribution in [3.05, 3.63) is 60.4 Å². The monoisotopic (exact) mass is 297 g/mol. The van der Waals surface area contributed by atoms with Crippen molar-refractivity contribution in [3.63, 3.8) is 0 Å². The van der Waals surface area contributed by atoms with Gasteiger partial charge in [-0.15, -0.1) is 0 Å². The lowest BCUT2D eigenvalue weighted by Crippen LogP contribution is -2.32. The molecule has 1 aromatic carbocycles. The van der Waals surface area contributed by atoms with Gasteiger partial charge >= 0.3 is 0 Å². The minimum Gasteiger partial charge on any atom is -0.492 e. The highest BCUT2D eigenvalue weighted by Crippen LogP contribution is 2.12. The van der Waals surface area contributed by atoms with E-state index >= 15 is 0 Å². The second kappa shape index (κ2) is 6.28. The molecule has 0 radical (unpaired) electrons. The highest BCUT2D eigenvalue weighted by Gasteiger charge is 2.15. The van der Waals surface area contributed by atoms with E-state index in [1.165, 1.54) is 0 Å². The minimum absolute atomic E-state index is 0.0537. The molecule has 3 rings (SSSR count). The number of H-pyrrole nitrogens is 1. The lowest BCUT2D eigenvalue weighted by molar-refractivity contribution is -0.0640. The number of ether oxygens (including phenoxy) is 1. The van der Waals surface area contributed by atoms with Crippen molar-refractivity contribution >= 4 is 16.9 Å². The normalized spacial score (nSPS) is 10.6. The van der Waals surface area contributed by atoms with Crippen molar-refractivity contribution in [1.29, 1.82) is 0 Å². The van der Waals surface area contributed by atoms with Gasteiger partial charge in [0.2, 0.25) is 0 Å². The summed E-state index contributed by atoms with van der Waals surface area (Å²) in [6.07, 6.45) is 1.75. The van der Waals surface area contributed by atoms with Crippen molar-refractivity contribution in [2.24, 2.45) is 0 Å². The number of aromatic nitrogens is 2. The Kier molecular flexibility index (Phi) is 4.02. The first kappa shape index (κ1) is 14.1. The first-order chi connectivity index (χ1) is 10.7. The number of nitrogens with one attached hydrogen (secondary N) is 1. The van der Waals surface area contributed by atoms with Crippen LogP contribution in [-0.4, -0.2) is 39.3 Å². The summed E-state index contributed by atoms with van der Waals surface area (Å²) in [5, 5.41) is 11.3. The maximum atomic E-state index is 12.1. The number of carbonyl (C=O) groups is 1. The summed E-state index contributed by atoms with van der Waals surface area (Å²) in [7, 11) is 0. The minimum atomic E-state index is -0.562. The molecule has 0 atom stereocenters. The van der Waals surface area contributed by atoms with Gasteiger partial charge in [-0.3, -0.25) is 10.0 Å². The van der Waals surface area contributed by atoms with Gasteiger partial charge in [-0.2, -0.15) is 0 Å². The molecule has 0 fully saturated rings. The molecule has 0 saturated heterocycles. The molecule has 112 valence electrons. The smallest absolute Gasteiger partial charge is 0.296 e. The Morgan fingerprint density at radius 3 is 2.82 bits per heavy atom. The molecule has 0 aliphatic heterocycles. The zero-order valence-corrected chi connectivity index (χ0v) is 11.8. The molecule has 2 aromatic heterocycles. The number of aromatic amines is 1. The Morgan fingerprint density at radius 2 is 2.00 bits per heavy atom. The molecular weight excluding hydrogens is 282 g/mol. The van der Waals surface area contributed by atoms with E-state index in [4.69, 9.17) is 4.74 Å². The van der Waals surface area contributed by atoms with Crippen LogP contribution in [0.3, 0.4) is 0 Å². The van der Waals surface area contributed by atoms with Crippen LogP contribution in [0.5, 0.6) is 5.75 Å². The number of pyridine rings is 1. The van der Waals surface area contributed by atoms with E-state index in [1.807, 2.05) is 36.4 Å². The fourth-order valence-electron chi connectivity index (χ4n) is 2.05. The Bertz CT molecular complexity index is 770. The first-order valence-corrected chi connectivity index (χ1v) is 6.87. The van der Waals surface area contributed by atoms with Gasteiger partial charge in [0.15, 0.2) is 0 Å². The number of benzene rings is 1. The molecule has 22 heavy (non-hydrogen) atoms. The Morgan fingerprint density at radius 1 is 1.18 bits per heavy atom. The molecule has 6 heteroatoms. The van der Waals surface area contributed by atoms with Crippen LogP contribution in [0.15, 0.2) is 54.7 Å². The average Bonchev–Trinajstić information content (AvgIpc) is 3.02. The van der Waals surface area contributed by atoms with Gasteiger partial charge in [-0.1, -0.05) is 18.2 Å². The van der Waals surface area contributed by atoms with Gasteiger partial charge in [0.1, 0.15) is 23.7 Å². The van der Waals surface area contributed by atoms with E-state index in [1.54, 1.807) is 18.3 Å². The molecule has 1 amide bonds. The van der Waals surface area contributed by atoms with Gasteiger partial charge in [-0.05, 0) is 30.3 Å². The van der Waals surface area contributed by atoms with E-state index in [0.717, 1.165) is 5.39 Å². The van der Waals surface area contributed by atoms with Crippen LogP contribution in [0.1, 0.15) is 10.5 Å². The molecule has 2 heterocycles. The summed E-state index contributed by atoms with van der Waals surface area (Å²) >= 11 is 0. The standard InChI is InChI=1S/C16H15N3O3/c20-16(14-7-6-12-8-9-17-15(12)18-14)19(21)10-11-22-13-4-2-1-3-5-13/h1-9,21H,10-11H2,(H,17,18). The number of hydrogen-bond acceptors (Lipinski definition) is 4. The summed E-state index contributed by atoms with van der Waals surface area (Å²) in [5.74, 6) is 0.127. The second-order valence-electron chi connectivity index (χ2n) is 4.70. The molecule has 3 aromatic rings. The first-order valence-electron chi connectivity index (χ1n) is 6.87. The number of hydroxylamine groups is 2. The highest BCUT2D eigenvalue weighted by atomic mass is 16.5. The average molecular weight is 297 g/mol. The van der Waals surface area contributed by atoms with Gasteiger partial charge in [0.05, 0.1) is 6.54 Å². The van der Waals surface area contributed by atoms with Crippen LogP contribution >= 0.6 is 0 Å². The molecule has 0 saturated carbocycles. The third-order valence-corrected chi connectivity index (χ3v) is 3.18. The quantitative estimate of drug-likeness (QED) is 0.560. The van der Waals surface area contributed by atoms with Crippen molar-refractivity contribution in [2.45, 2.75) is 0 Å². The van der Waals surface area contributed by atoms with E-state index in [2.05, 4.69) is 9.97 Å². The highest BCUT2D eigenvalue weighted by molar-refractivity contribution is 5.93. The Labute approximate surface area is 126 Å². The lowest BCUT2D eigenvalue weighted by atomic mass is 10.3.